The number of hydrogen-bond acceptors (Lipinski definition) is 3. The van der Waals surface area contributed by atoms with Gasteiger partial charge in [0.1, 0.15) is 0 Å². The summed E-state index contributed by atoms with van der Waals surface area (Å²) in [6.07, 6.45) is 2.00. The zero-order valence-corrected chi connectivity index (χ0v) is 13.0. The quantitative estimate of drug-likeness (QED) is 0.640. The van der Waals surface area contributed by atoms with E-state index in [9.17, 15) is 4.79 Å². The zero-order valence-electron chi connectivity index (χ0n) is 11.4. The molecule has 0 atom stereocenters. The Kier molecular flexibility index (Phi) is 3.01. The summed E-state index contributed by atoms with van der Waals surface area (Å²) in [4.78, 5) is 16.5. The molecule has 3 aromatic rings. The third-order valence-corrected chi connectivity index (χ3v) is 3.93. The highest BCUT2D eigenvalue weighted by atomic mass is 79.9. The standard InChI is InChI=1S/C15H13BrN2O2/c1-8-7-18(2)14-10-5-4-9(16)6-11(10)17-13(12(8)14)15(19)20-3/h4-7H,1-3H3. The Morgan fingerprint density at radius 1 is 1.40 bits per heavy atom. The second kappa shape index (κ2) is 4.59. The summed E-state index contributed by atoms with van der Waals surface area (Å²) in [5, 5.41) is 1.88. The van der Waals surface area contributed by atoms with E-state index < -0.39 is 5.97 Å². The third-order valence-electron chi connectivity index (χ3n) is 3.43. The summed E-state index contributed by atoms with van der Waals surface area (Å²) in [7, 11) is 3.34. The largest absolute Gasteiger partial charge is 0.464 e. The van der Waals surface area contributed by atoms with E-state index >= 15 is 0 Å². The van der Waals surface area contributed by atoms with Gasteiger partial charge in [0.2, 0.25) is 0 Å². The van der Waals surface area contributed by atoms with Gasteiger partial charge in [-0.3, -0.25) is 0 Å². The highest BCUT2D eigenvalue weighted by Crippen LogP contribution is 2.31. The average Bonchev–Trinajstić information content (AvgIpc) is 2.72. The van der Waals surface area contributed by atoms with Crippen molar-refractivity contribution in [2.24, 2.45) is 7.05 Å². The summed E-state index contributed by atoms with van der Waals surface area (Å²) in [6.45, 7) is 1.97. The first-order valence-corrected chi connectivity index (χ1v) is 6.95. The maximum Gasteiger partial charge on any atom is 0.357 e. The van der Waals surface area contributed by atoms with Crippen molar-refractivity contribution < 1.29 is 9.53 Å². The molecule has 2 aromatic heterocycles. The molecule has 0 radical (unpaired) electrons. The Morgan fingerprint density at radius 3 is 2.85 bits per heavy atom. The maximum absolute atomic E-state index is 12.0. The number of halogens is 1. The molecule has 102 valence electrons. The molecular weight excluding hydrogens is 320 g/mol. The Bertz CT molecular complexity index is 852. The van der Waals surface area contributed by atoms with Gasteiger partial charge >= 0.3 is 5.97 Å². The molecule has 0 aliphatic carbocycles. The van der Waals surface area contributed by atoms with Gasteiger partial charge < -0.3 is 9.30 Å². The van der Waals surface area contributed by atoms with Gasteiger partial charge in [-0.1, -0.05) is 15.9 Å². The van der Waals surface area contributed by atoms with Crippen molar-refractivity contribution in [2.45, 2.75) is 6.92 Å². The normalized spacial score (nSPS) is 11.2. The first kappa shape index (κ1) is 13.1. The number of methoxy groups -OCH3 is 1. The lowest BCUT2D eigenvalue weighted by Crippen LogP contribution is -2.06. The van der Waals surface area contributed by atoms with Gasteiger partial charge in [0, 0.05) is 28.5 Å². The number of pyridine rings is 1. The van der Waals surface area contributed by atoms with E-state index in [0.717, 1.165) is 31.8 Å². The second-order valence-corrected chi connectivity index (χ2v) is 5.68. The van der Waals surface area contributed by atoms with Crippen LogP contribution in [0.3, 0.4) is 0 Å². The van der Waals surface area contributed by atoms with Crippen LogP contribution in [-0.2, 0) is 11.8 Å². The summed E-state index contributed by atoms with van der Waals surface area (Å²) in [5.41, 5.74) is 3.15. The van der Waals surface area contributed by atoms with E-state index in [4.69, 9.17) is 4.74 Å². The molecule has 3 rings (SSSR count). The highest BCUT2D eigenvalue weighted by molar-refractivity contribution is 9.10. The lowest BCUT2D eigenvalue weighted by molar-refractivity contribution is 0.0597. The lowest BCUT2D eigenvalue weighted by atomic mass is 10.1. The van der Waals surface area contributed by atoms with E-state index in [0.29, 0.717) is 5.69 Å². The van der Waals surface area contributed by atoms with Crippen LogP contribution in [-0.4, -0.2) is 22.6 Å². The smallest absolute Gasteiger partial charge is 0.357 e. The monoisotopic (exact) mass is 332 g/mol. The van der Waals surface area contributed by atoms with Crippen LogP contribution in [0.1, 0.15) is 16.1 Å². The molecule has 0 spiro atoms. The zero-order chi connectivity index (χ0) is 14.4. The maximum atomic E-state index is 12.0. The van der Waals surface area contributed by atoms with Crippen molar-refractivity contribution in [2.75, 3.05) is 7.11 Å². The predicted octanol–water partition coefficient (Wildman–Crippen LogP) is 3.58. The van der Waals surface area contributed by atoms with Crippen molar-refractivity contribution in [3.63, 3.8) is 0 Å². The number of aromatic nitrogens is 2. The Labute approximate surface area is 124 Å². The summed E-state index contributed by atoms with van der Waals surface area (Å²) < 4.78 is 7.82. The molecular formula is C15H13BrN2O2. The van der Waals surface area contributed by atoms with Crippen LogP contribution >= 0.6 is 15.9 Å². The minimum absolute atomic E-state index is 0.367. The second-order valence-electron chi connectivity index (χ2n) is 4.76. The Hall–Kier alpha value is -1.88. The number of carbonyl (C=O) groups excluding carboxylic acids is 1. The summed E-state index contributed by atoms with van der Waals surface area (Å²) >= 11 is 3.44. The molecule has 0 bridgehead atoms. The first-order valence-electron chi connectivity index (χ1n) is 6.16. The molecule has 20 heavy (non-hydrogen) atoms. The van der Waals surface area contributed by atoms with E-state index in [1.165, 1.54) is 7.11 Å². The number of ether oxygens (including phenoxy) is 1. The Morgan fingerprint density at radius 2 is 2.15 bits per heavy atom. The lowest BCUT2D eigenvalue weighted by Gasteiger charge is -2.07. The molecule has 0 fully saturated rings. The number of aryl methyl sites for hydroxylation is 2. The van der Waals surface area contributed by atoms with E-state index in [-0.39, 0.29) is 0 Å². The van der Waals surface area contributed by atoms with Gasteiger partial charge in [0.05, 0.1) is 18.1 Å². The van der Waals surface area contributed by atoms with Gasteiger partial charge in [-0.25, -0.2) is 9.78 Å². The van der Waals surface area contributed by atoms with Crippen LogP contribution < -0.4 is 0 Å². The first-order chi connectivity index (χ1) is 9.52. The minimum Gasteiger partial charge on any atom is -0.464 e. The van der Waals surface area contributed by atoms with Crippen LogP contribution in [0.4, 0.5) is 0 Å². The SMILES string of the molecule is COC(=O)c1nc2cc(Br)ccc2c2c1c(C)cn2C. The van der Waals surface area contributed by atoms with E-state index in [1.54, 1.807) is 0 Å². The topological polar surface area (TPSA) is 44.1 Å². The molecule has 4 nitrogen and oxygen atoms in total. The number of carbonyl (C=O) groups is 1. The number of benzene rings is 1. The average molecular weight is 333 g/mol. The number of hydrogen-bond donors (Lipinski definition) is 0. The van der Waals surface area contributed by atoms with Crippen molar-refractivity contribution in [3.05, 3.63) is 40.1 Å². The third kappa shape index (κ3) is 1.81. The van der Waals surface area contributed by atoms with E-state index in [2.05, 4.69) is 20.9 Å². The molecule has 0 N–H and O–H groups in total. The molecule has 2 heterocycles. The predicted molar refractivity (Wildman–Crippen MR) is 82.0 cm³/mol. The van der Waals surface area contributed by atoms with Crippen molar-refractivity contribution in [3.8, 4) is 0 Å². The number of esters is 1. The minimum atomic E-state index is -0.411. The van der Waals surface area contributed by atoms with Crippen molar-refractivity contribution >= 4 is 43.7 Å². The molecule has 0 unspecified atom stereocenters. The van der Waals surface area contributed by atoms with Gasteiger partial charge in [-0.2, -0.15) is 0 Å². The fraction of sp³-hybridized carbons (Fsp3) is 0.200. The molecule has 0 amide bonds. The molecule has 1 aromatic carbocycles. The summed E-state index contributed by atoms with van der Waals surface area (Å²) in [6, 6.07) is 5.89. The van der Waals surface area contributed by atoms with Crippen molar-refractivity contribution in [1.82, 2.24) is 9.55 Å². The molecule has 5 heteroatoms. The van der Waals surface area contributed by atoms with Crippen molar-refractivity contribution in [1.29, 1.82) is 0 Å². The van der Waals surface area contributed by atoms with Gasteiger partial charge in [0.25, 0.3) is 0 Å². The summed E-state index contributed by atoms with van der Waals surface area (Å²) in [5.74, 6) is -0.411. The van der Waals surface area contributed by atoms with Gasteiger partial charge in [0.15, 0.2) is 5.69 Å². The van der Waals surface area contributed by atoms with Gasteiger partial charge in [-0.15, -0.1) is 0 Å². The highest BCUT2D eigenvalue weighted by Gasteiger charge is 2.19. The van der Waals surface area contributed by atoms with Crippen LogP contribution in [0.15, 0.2) is 28.9 Å². The Balaban J connectivity index is 2.56. The molecule has 0 aliphatic heterocycles. The number of fused-ring (bicyclic) bond motifs is 3. The molecule has 0 aliphatic rings. The fourth-order valence-electron chi connectivity index (χ4n) is 2.62. The number of rotatable bonds is 1. The fourth-order valence-corrected chi connectivity index (χ4v) is 2.97. The van der Waals surface area contributed by atoms with Crippen LogP contribution in [0.25, 0.3) is 21.8 Å². The van der Waals surface area contributed by atoms with E-state index in [1.807, 2.05) is 42.9 Å². The number of nitrogens with zero attached hydrogens (tertiary/aromatic N) is 2. The molecule has 0 saturated carbocycles. The van der Waals surface area contributed by atoms with Crippen LogP contribution in [0.5, 0.6) is 0 Å². The van der Waals surface area contributed by atoms with Crippen LogP contribution in [0.2, 0.25) is 0 Å². The van der Waals surface area contributed by atoms with Crippen LogP contribution in [0, 0.1) is 6.92 Å². The van der Waals surface area contributed by atoms with Gasteiger partial charge in [-0.05, 0) is 30.7 Å². The molecule has 0 saturated heterocycles.